The number of nitrogens with zero attached hydrogens (tertiary/aromatic N) is 3. The molecule has 0 amide bonds. The summed E-state index contributed by atoms with van der Waals surface area (Å²) < 4.78 is 2.56. The van der Waals surface area contributed by atoms with E-state index < -0.39 is 0 Å². The van der Waals surface area contributed by atoms with E-state index in [-0.39, 0.29) is 10.8 Å². The Labute approximate surface area is 234 Å². The number of hydrogen-bond donors (Lipinski definition) is 0. The van der Waals surface area contributed by atoms with Gasteiger partial charge in [0.1, 0.15) is 0 Å². The smallest absolute Gasteiger partial charge is 0.164 e. The molecule has 0 bridgehead atoms. The van der Waals surface area contributed by atoms with Crippen LogP contribution in [0, 0.1) is 0 Å². The van der Waals surface area contributed by atoms with Crippen molar-refractivity contribution < 1.29 is 0 Å². The maximum atomic E-state index is 5.00. The minimum Gasteiger partial charge on any atom is -0.208 e. The molecule has 2 heterocycles. The fourth-order valence-electron chi connectivity index (χ4n) is 4.87. The molecule has 0 saturated heterocycles. The molecule has 0 aliphatic carbocycles. The standard InChI is InChI=1S/C35H33N3S/c1-34(2,3)25-16-11-22(12-17-25)31-36-32(23-13-18-26(19-14-23)35(4,5)6)38-33(37-31)24-15-20-30-28(21-24)27-9-7-8-10-29(27)39-30/h7-21H,1-6H3. The molecule has 6 aromatic rings. The highest BCUT2D eigenvalue weighted by Gasteiger charge is 2.18. The van der Waals surface area contributed by atoms with Crippen LogP contribution in [-0.4, -0.2) is 15.0 Å². The van der Waals surface area contributed by atoms with Gasteiger partial charge in [0.15, 0.2) is 17.5 Å². The second-order valence-corrected chi connectivity index (χ2v) is 13.4. The summed E-state index contributed by atoms with van der Waals surface area (Å²) >= 11 is 1.82. The molecule has 0 saturated carbocycles. The molecule has 0 aliphatic rings. The molecule has 3 nitrogen and oxygen atoms in total. The Morgan fingerprint density at radius 3 is 1.41 bits per heavy atom. The second kappa shape index (κ2) is 9.39. The number of fused-ring (bicyclic) bond motifs is 3. The van der Waals surface area contributed by atoms with Gasteiger partial charge in [-0.25, -0.2) is 15.0 Å². The minimum absolute atomic E-state index is 0.0848. The monoisotopic (exact) mass is 527 g/mol. The van der Waals surface area contributed by atoms with Gasteiger partial charge in [0.2, 0.25) is 0 Å². The van der Waals surface area contributed by atoms with Gasteiger partial charge in [-0.1, -0.05) is 108 Å². The lowest BCUT2D eigenvalue weighted by molar-refractivity contribution is 0.590. The van der Waals surface area contributed by atoms with Crippen LogP contribution in [0.3, 0.4) is 0 Å². The maximum absolute atomic E-state index is 5.00. The van der Waals surface area contributed by atoms with Crippen LogP contribution in [0.1, 0.15) is 52.7 Å². The van der Waals surface area contributed by atoms with Crippen molar-refractivity contribution in [2.75, 3.05) is 0 Å². The number of rotatable bonds is 3. The molecule has 0 atom stereocenters. The van der Waals surface area contributed by atoms with Crippen molar-refractivity contribution in [2.24, 2.45) is 0 Å². The largest absolute Gasteiger partial charge is 0.208 e. The number of thiophene rings is 1. The Balaban J connectivity index is 1.51. The lowest BCUT2D eigenvalue weighted by atomic mass is 9.86. The molecule has 0 fully saturated rings. The van der Waals surface area contributed by atoms with Crippen LogP contribution in [0.2, 0.25) is 0 Å². The Kier molecular flexibility index (Phi) is 6.11. The third kappa shape index (κ3) is 4.97. The number of hydrogen-bond acceptors (Lipinski definition) is 4. The van der Waals surface area contributed by atoms with E-state index in [9.17, 15) is 0 Å². The molecule has 0 aliphatic heterocycles. The molecule has 0 spiro atoms. The van der Waals surface area contributed by atoms with E-state index in [0.717, 1.165) is 16.7 Å². The molecule has 39 heavy (non-hydrogen) atoms. The van der Waals surface area contributed by atoms with Gasteiger partial charge in [0.05, 0.1) is 0 Å². The molecule has 4 heteroatoms. The van der Waals surface area contributed by atoms with Crippen molar-refractivity contribution in [3.63, 3.8) is 0 Å². The van der Waals surface area contributed by atoms with E-state index in [1.807, 2.05) is 11.3 Å². The predicted molar refractivity (Wildman–Crippen MR) is 166 cm³/mol. The summed E-state index contributed by atoms with van der Waals surface area (Å²) in [7, 11) is 0. The molecule has 6 rings (SSSR count). The van der Waals surface area contributed by atoms with Crippen molar-refractivity contribution in [1.29, 1.82) is 0 Å². The van der Waals surface area contributed by atoms with E-state index in [4.69, 9.17) is 15.0 Å². The van der Waals surface area contributed by atoms with E-state index in [1.54, 1.807) is 0 Å². The van der Waals surface area contributed by atoms with E-state index in [2.05, 4.69) is 133 Å². The third-order valence-electron chi connectivity index (χ3n) is 7.29. The predicted octanol–water partition coefficient (Wildman–Crippen LogP) is 9.84. The van der Waals surface area contributed by atoms with Crippen LogP contribution >= 0.6 is 11.3 Å². The van der Waals surface area contributed by atoms with Gasteiger partial charge in [-0.05, 0) is 46.2 Å². The first-order chi connectivity index (χ1) is 18.6. The topological polar surface area (TPSA) is 38.7 Å². The molecule has 2 aromatic heterocycles. The molecule has 0 radical (unpaired) electrons. The molecule has 4 aromatic carbocycles. The quantitative estimate of drug-likeness (QED) is 0.230. The molecular weight excluding hydrogens is 494 g/mol. The fourth-order valence-corrected chi connectivity index (χ4v) is 5.95. The van der Waals surface area contributed by atoms with Crippen LogP contribution in [0.5, 0.6) is 0 Å². The van der Waals surface area contributed by atoms with Gasteiger partial charge >= 0.3 is 0 Å². The van der Waals surface area contributed by atoms with Gasteiger partial charge in [0.25, 0.3) is 0 Å². The summed E-state index contributed by atoms with van der Waals surface area (Å²) in [5.41, 5.74) is 5.71. The normalized spacial score (nSPS) is 12.4. The number of aromatic nitrogens is 3. The Morgan fingerprint density at radius 1 is 0.462 bits per heavy atom. The Morgan fingerprint density at radius 2 is 0.897 bits per heavy atom. The highest BCUT2D eigenvalue weighted by molar-refractivity contribution is 7.25. The molecular formula is C35H33N3S. The van der Waals surface area contributed by atoms with Crippen LogP contribution in [0.15, 0.2) is 91.0 Å². The summed E-state index contributed by atoms with van der Waals surface area (Å²) in [6.07, 6.45) is 0. The van der Waals surface area contributed by atoms with Gasteiger partial charge in [-0.3, -0.25) is 0 Å². The maximum Gasteiger partial charge on any atom is 0.164 e. The van der Waals surface area contributed by atoms with Crippen LogP contribution in [0.4, 0.5) is 0 Å². The lowest BCUT2D eigenvalue weighted by Crippen LogP contribution is -2.10. The van der Waals surface area contributed by atoms with Gasteiger partial charge in [-0.2, -0.15) is 0 Å². The number of benzene rings is 4. The zero-order valence-electron chi connectivity index (χ0n) is 23.4. The summed E-state index contributed by atoms with van der Waals surface area (Å²) in [6, 6.07) is 32.3. The highest BCUT2D eigenvalue weighted by atomic mass is 32.1. The average Bonchev–Trinajstić information content (AvgIpc) is 3.30. The summed E-state index contributed by atoms with van der Waals surface area (Å²) in [5, 5.41) is 2.50. The second-order valence-electron chi connectivity index (χ2n) is 12.3. The van der Waals surface area contributed by atoms with Gasteiger partial charge in [0, 0.05) is 36.9 Å². The lowest BCUT2D eigenvalue weighted by Gasteiger charge is -2.19. The summed E-state index contributed by atoms with van der Waals surface area (Å²) in [6.45, 7) is 13.4. The first-order valence-electron chi connectivity index (χ1n) is 13.5. The van der Waals surface area contributed by atoms with Crippen LogP contribution in [-0.2, 0) is 10.8 Å². The minimum atomic E-state index is 0.0848. The zero-order chi connectivity index (χ0) is 27.4. The molecule has 194 valence electrons. The Hall–Kier alpha value is -3.89. The van der Waals surface area contributed by atoms with Crippen molar-refractivity contribution in [2.45, 2.75) is 52.4 Å². The van der Waals surface area contributed by atoms with Gasteiger partial charge in [-0.15, -0.1) is 11.3 Å². The Bertz CT molecular complexity index is 1720. The van der Waals surface area contributed by atoms with Crippen molar-refractivity contribution >= 4 is 31.5 Å². The van der Waals surface area contributed by atoms with Crippen molar-refractivity contribution in [3.05, 3.63) is 102 Å². The van der Waals surface area contributed by atoms with Crippen molar-refractivity contribution in [3.8, 4) is 34.2 Å². The van der Waals surface area contributed by atoms with Crippen molar-refractivity contribution in [1.82, 2.24) is 15.0 Å². The third-order valence-corrected chi connectivity index (χ3v) is 8.44. The van der Waals surface area contributed by atoms with E-state index in [1.165, 1.54) is 31.3 Å². The summed E-state index contributed by atoms with van der Waals surface area (Å²) in [5.74, 6) is 2.06. The first kappa shape index (κ1) is 25.4. The van der Waals surface area contributed by atoms with Crippen LogP contribution in [0.25, 0.3) is 54.3 Å². The first-order valence-corrected chi connectivity index (χ1v) is 14.3. The molecule has 0 unspecified atom stereocenters. The molecule has 0 N–H and O–H groups in total. The fraction of sp³-hybridized carbons (Fsp3) is 0.229. The van der Waals surface area contributed by atoms with E-state index >= 15 is 0 Å². The highest BCUT2D eigenvalue weighted by Crippen LogP contribution is 2.36. The summed E-state index contributed by atoms with van der Waals surface area (Å²) in [4.78, 5) is 15.0. The average molecular weight is 528 g/mol. The van der Waals surface area contributed by atoms with Gasteiger partial charge < -0.3 is 0 Å². The van der Waals surface area contributed by atoms with E-state index in [0.29, 0.717) is 17.5 Å². The zero-order valence-corrected chi connectivity index (χ0v) is 24.2. The van der Waals surface area contributed by atoms with Crippen LogP contribution < -0.4 is 0 Å². The SMILES string of the molecule is CC(C)(C)c1ccc(-c2nc(-c3ccc(C(C)(C)C)cc3)nc(-c3ccc4sc5ccccc5c4c3)n2)cc1.